The third kappa shape index (κ3) is 2.79. The highest BCUT2D eigenvalue weighted by molar-refractivity contribution is 5.98. The summed E-state index contributed by atoms with van der Waals surface area (Å²) in [6.07, 6.45) is 1.88. The molecule has 1 saturated heterocycles. The monoisotopic (exact) mass is 350 g/mol. The number of hydrogen-bond acceptors (Lipinski definition) is 3. The van der Waals surface area contributed by atoms with Gasteiger partial charge in [0.2, 0.25) is 0 Å². The minimum Gasteiger partial charge on any atom is -0.497 e. The van der Waals surface area contributed by atoms with Gasteiger partial charge < -0.3 is 19.4 Å². The standard InChI is InChI=1S/C21H22N2O3/c1-25-15-9-10-20(26-2)16(13-15)19-8-5-11-23(19)21(24)18-12-14-6-3-4-7-17(14)22-18/h3-4,6-7,9-10,12-13,19,22H,5,8,11H2,1-2H3/t19-/m1/s1. The van der Waals surface area contributed by atoms with Crippen molar-refractivity contribution in [3.8, 4) is 11.5 Å². The third-order valence-electron chi connectivity index (χ3n) is 5.07. The second-order valence-electron chi connectivity index (χ2n) is 6.53. The van der Waals surface area contributed by atoms with E-state index in [-0.39, 0.29) is 11.9 Å². The Morgan fingerprint density at radius 3 is 2.73 bits per heavy atom. The van der Waals surface area contributed by atoms with Gasteiger partial charge in [0.25, 0.3) is 5.91 Å². The zero-order valence-corrected chi connectivity index (χ0v) is 15.0. The summed E-state index contributed by atoms with van der Waals surface area (Å²) in [5.41, 5.74) is 2.60. The molecule has 2 heterocycles. The van der Waals surface area contributed by atoms with Gasteiger partial charge in [-0.05, 0) is 43.2 Å². The number of rotatable bonds is 4. The Balaban J connectivity index is 1.69. The first-order valence-corrected chi connectivity index (χ1v) is 8.82. The van der Waals surface area contributed by atoms with Gasteiger partial charge in [-0.1, -0.05) is 18.2 Å². The molecule has 2 aromatic carbocycles. The first-order chi connectivity index (χ1) is 12.7. The molecule has 5 nitrogen and oxygen atoms in total. The second-order valence-corrected chi connectivity index (χ2v) is 6.53. The Hall–Kier alpha value is -2.95. The number of H-pyrrole nitrogens is 1. The average Bonchev–Trinajstić information content (AvgIpc) is 3.33. The maximum atomic E-state index is 13.2. The van der Waals surface area contributed by atoms with Crippen molar-refractivity contribution in [2.75, 3.05) is 20.8 Å². The summed E-state index contributed by atoms with van der Waals surface area (Å²) in [4.78, 5) is 18.4. The van der Waals surface area contributed by atoms with Crippen LogP contribution in [0.3, 0.4) is 0 Å². The molecule has 1 atom stereocenters. The minimum absolute atomic E-state index is 0.0148. The lowest BCUT2D eigenvalue weighted by Gasteiger charge is -2.26. The van der Waals surface area contributed by atoms with Crippen LogP contribution in [0, 0.1) is 0 Å². The Bertz CT molecular complexity index is 914. The third-order valence-corrected chi connectivity index (χ3v) is 5.07. The van der Waals surface area contributed by atoms with Crippen LogP contribution in [-0.2, 0) is 0 Å². The van der Waals surface area contributed by atoms with Gasteiger partial charge in [-0.15, -0.1) is 0 Å². The molecule has 1 N–H and O–H groups in total. The lowest BCUT2D eigenvalue weighted by molar-refractivity contribution is 0.0729. The number of methoxy groups -OCH3 is 2. The van der Waals surface area contributed by atoms with Crippen LogP contribution in [0.15, 0.2) is 48.5 Å². The molecule has 1 aromatic heterocycles. The van der Waals surface area contributed by atoms with E-state index in [0.29, 0.717) is 5.69 Å². The van der Waals surface area contributed by atoms with E-state index < -0.39 is 0 Å². The number of ether oxygens (including phenoxy) is 2. The molecule has 0 saturated carbocycles. The van der Waals surface area contributed by atoms with E-state index in [9.17, 15) is 4.79 Å². The summed E-state index contributed by atoms with van der Waals surface area (Å²) in [6, 6.07) is 15.6. The van der Waals surface area contributed by atoms with Crippen molar-refractivity contribution in [3.63, 3.8) is 0 Å². The molecule has 0 bridgehead atoms. The highest BCUT2D eigenvalue weighted by Gasteiger charge is 2.33. The number of hydrogen-bond donors (Lipinski definition) is 1. The number of benzene rings is 2. The van der Waals surface area contributed by atoms with Crippen LogP contribution in [0.5, 0.6) is 11.5 Å². The fraction of sp³-hybridized carbons (Fsp3) is 0.286. The summed E-state index contributed by atoms with van der Waals surface area (Å²) in [5.74, 6) is 1.58. The SMILES string of the molecule is COc1ccc(OC)c([C@H]2CCCN2C(=O)c2cc3ccccc3[nH]2)c1. The fourth-order valence-electron chi connectivity index (χ4n) is 3.78. The molecular weight excluding hydrogens is 328 g/mol. The van der Waals surface area contributed by atoms with E-state index in [1.165, 1.54) is 0 Å². The molecule has 0 unspecified atom stereocenters. The Labute approximate surface area is 152 Å². The summed E-state index contributed by atoms with van der Waals surface area (Å²) < 4.78 is 10.9. The normalized spacial score (nSPS) is 16.8. The molecule has 134 valence electrons. The minimum atomic E-state index is -0.0148. The Morgan fingerprint density at radius 1 is 1.12 bits per heavy atom. The van der Waals surface area contributed by atoms with E-state index in [4.69, 9.17) is 9.47 Å². The molecule has 4 rings (SSSR count). The summed E-state index contributed by atoms with van der Waals surface area (Å²) >= 11 is 0. The Kier molecular flexibility index (Phi) is 4.29. The molecule has 0 radical (unpaired) electrons. The number of aromatic amines is 1. The topological polar surface area (TPSA) is 54.6 Å². The number of nitrogens with one attached hydrogen (secondary N) is 1. The number of amides is 1. The highest BCUT2D eigenvalue weighted by Crippen LogP contribution is 2.39. The predicted octanol–water partition coefficient (Wildman–Crippen LogP) is 4.16. The van der Waals surface area contributed by atoms with E-state index in [2.05, 4.69) is 4.98 Å². The number of fused-ring (bicyclic) bond motifs is 1. The second kappa shape index (κ2) is 6.75. The van der Waals surface area contributed by atoms with Gasteiger partial charge in [0, 0.05) is 23.0 Å². The molecule has 0 spiro atoms. The molecule has 3 aromatic rings. The van der Waals surface area contributed by atoms with Crippen LogP contribution in [0.1, 0.15) is 34.9 Å². The van der Waals surface area contributed by atoms with Gasteiger partial charge in [0.1, 0.15) is 17.2 Å². The lowest BCUT2D eigenvalue weighted by atomic mass is 10.0. The average molecular weight is 350 g/mol. The summed E-state index contributed by atoms with van der Waals surface area (Å²) in [5, 5.41) is 1.05. The highest BCUT2D eigenvalue weighted by atomic mass is 16.5. The van der Waals surface area contributed by atoms with Gasteiger partial charge in [-0.2, -0.15) is 0 Å². The van der Waals surface area contributed by atoms with Crippen LogP contribution in [0.2, 0.25) is 0 Å². The number of likely N-dealkylation sites (tertiary alicyclic amines) is 1. The van der Waals surface area contributed by atoms with Crippen molar-refractivity contribution in [1.29, 1.82) is 0 Å². The molecule has 26 heavy (non-hydrogen) atoms. The van der Waals surface area contributed by atoms with Gasteiger partial charge in [-0.25, -0.2) is 0 Å². The quantitative estimate of drug-likeness (QED) is 0.769. The fourth-order valence-corrected chi connectivity index (χ4v) is 3.78. The molecule has 1 aliphatic rings. The number of nitrogens with zero attached hydrogens (tertiary/aromatic N) is 1. The van der Waals surface area contributed by atoms with E-state index in [1.807, 2.05) is 53.4 Å². The largest absolute Gasteiger partial charge is 0.497 e. The molecule has 1 aliphatic heterocycles. The number of carbonyl (C=O) groups excluding carboxylic acids is 1. The number of carbonyl (C=O) groups is 1. The maximum Gasteiger partial charge on any atom is 0.270 e. The number of aromatic nitrogens is 1. The van der Waals surface area contributed by atoms with Gasteiger partial charge in [0.15, 0.2) is 0 Å². The van der Waals surface area contributed by atoms with Crippen molar-refractivity contribution in [3.05, 3.63) is 59.8 Å². The van der Waals surface area contributed by atoms with Crippen LogP contribution in [-0.4, -0.2) is 36.6 Å². The van der Waals surface area contributed by atoms with Crippen molar-refractivity contribution in [2.45, 2.75) is 18.9 Å². The summed E-state index contributed by atoms with van der Waals surface area (Å²) in [6.45, 7) is 0.735. The van der Waals surface area contributed by atoms with E-state index in [1.54, 1.807) is 14.2 Å². The maximum absolute atomic E-state index is 13.2. The molecule has 0 aliphatic carbocycles. The molecule has 1 fully saturated rings. The van der Waals surface area contributed by atoms with Crippen molar-refractivity contribution in [1.82, 2.24) is 9.88 Å². The first kappa shape index (κ1) is 16.5. The molecule has 1 amide bonds. The van der Waals surface area contributed by atoms with Crippen LogP contribution < -0.4 is 9.47 Å². The van der Waals surface area contributed by atoms with Crippen LogP contribution in [0.4, 0.5) is 0 Å². The first-order valence-electron chi connectivity index (χ1n) is 8.82. The van der Waals surface area contributed by atoms with Crippen LogP contribution >= 0.6 is 0 Å². The van der Waals surface area contributed by atoms with Crippen molar-refractivity contribution >= 4 is 16.8 Å². The number of para-hydroxylation sites is 1. The lowest BCUT2D eigenvalue weighted by Crippen LogP contribution is -2.31. The van der Waals surface area contributed by atoms with Crippen molar-refractivity contribution in [2.24, 2.45) is 0 Å². The molecule has 5 heteroatoms. The zero-order chi connectivity index (χ0) is 18.1. The van der Waals surface area contributed by atoms with E-state index in [0.717, 1.165) is 47.4 Å². The Morgan fingerprint density at radius 2 is 1.96 bits per heavy atom. The zero-order valence-electron chi connectivity index (χ0n) is 15.0. The smallest absolute Gasteiger partial charge is 0.270 e. The summed E-state index contributed by atoms with van der Waals surface area (Å²) in [7, 11) is 3.30. The van der Waals surface area contributed by atoms with Gasteiger partial charge in [-0.3, -0.25) is 4.79 Å². The van der Waals surface area contributed by atoms with Crippen LogP contribution in [0.25, 0.3) is 10.9 Å². The molecular formula is C21H22N2O3. The predicted molar refractivity (Wildman–Crippen MR) is 101 cm³/mol. The van der Waals surface area contributed by atoms with Crippen molar-refractivity contribution < 1.29 is 14.3 Å². The van der Waals surface area contributed by atoms with E-state index >= 15 is 0 Å². The van der Waals surface area contributed by atoms with Gasteiger partial charge >= 0.3 is 0 Å². The van der Waals surface area contributed by atoms with Gasteiger partial charge in [0.05, 0.1) is 20.3 Å².